The van der Waals surface area contributed by atoms with Gasteiger partial charge in [-0.2, -0.15) is 5.11 Å². The zero-order chi connectivity index (χ0) is 20.7. The lowest BCUT2D eigenvalue weighted by atomic mass is 9.84. The number of hydrogen-bond acceptors (Lipinski definition) is 6. The van der Waals surface area contributed by atoms with E-state index in [1.165, 1.54) is 28.8 Å². The van der Waals surface area contributed by atoms with Crippen LogP contribution >= 0.6 is 0 Å². The largest absolute Gasteiger partial charge is 0.269 e. The SMILES string of the molecule is CCN1[C@H](c2ccccc2)c2ccccc2[C@@H]2N=NN(c3ccc([N+](=O)[O-])cc3)[C@@H]21. The Balaban J connectivity index is 1.61. The minimum absolute atomic E-state index is 0.0648. The van der Waals surface area contributed by atoms with E-state index in [0.29, 0.717) is 0 Å². The average molecular weight is 399 g/mol. The lowest BCUT2D eigenvalue weighted by Crippen LogP contribution is -2.51. The van der Waals surface area contributed by atoms with Crippen molar-refractivity contribution in [3.05, 3.63) is 106 Å². The monoisotopic (exact) mass is 399 g/mol. The van der Waals surface area contributed by atoms with E-state index in [4.69, 9.17) is 0 Å². The summed E-state index contributed by atoms with van der Waals surface area (Å²) in [4.78, 5) is 13.1. The highest BCUT2D eigenvalue weighted by molar-refractivity contribution is 5.54. The van der Waals surface area contributed by atoms with Crippen molar-refractivity contribution in [1.29, 1.82) is 0 Å². The van der Waals surface area contributed by atoms with Crippen LogP contribution in [0.15, 0.2) is 89.2 Å². The van der Waals surface area contributed by atoms with Gasteiger partial charge in [0.2, 0.25) is 0 Å². The standard InChI is InChI=1S/C23H21N5O2/c1-2-26-22(16-8-4-3-5-9-16)20-11-7-6-10-19(20)21-23(26)27(25-24-21)17-12-14-18(15-13-17)28(29)30/h3-15,21-23H,2H2,1H3/t21-,22+,23-/m0/s1. The molecule has 0 saturated heterocycles. The van der Waals surface area contributed by atoms with Crippen LogP contribution in [0.2, 0.25) is 0 Å². The van der Waals surface area contributed by atoms with Gasteiger partial charge >= 0.3 is 0 Å². The van der Waals surface area contributed by atoms with Crippen LogP contribution in [-0.4, -0.2) is 22.5 Å². The fourth-order valence-electron chi connectivity index (χ4n) is 4.57. The first-order valence-electron chi connectivity index (χ1n) is 10.0. The molecule has 0 amide bonds. The highest BCUT2D eigenvalue weighted by Gasteiger charge is 2.47. The smallest absolute Gasteiger partial charge is 0.269 e. The minimum atomic E-state index is -0.390. The van der Waals surface area contributed by atoms with Crippen LogP contribution in [0.25, 0.3) is 0 Å². The van der Waals surface area contributed by atoms with Gasteiger partial charge in [0.15, 0.2) is 0 Å². The second kappa shape index (κ2) is 7.35. The van der Waals surface area contributed by atoms with Crippen LogP contribution < -0.4 is 5.01 Å². The van der Waals surface area contributed by atoms with E-state index in [0.717, 1.165) is 12.2 Å². The molecule has 0 N–H and O–H groups in total. The summed E-state index contributed by atoms with van der Waals surface area (Å²) in [6.07, 6.45) is -0.100. The number of nitro groups is 1. The number of nitro benzene ring substituents is 1. The highest BCUT2D eigenvalue weighted by atomic mass is 16.6. The molecule has 5 rings (SSSR count). The van der Waals surface area contributed by atoms with Gasteiger partial charge in [-0.3, -0.25) is 15.0 Å². The van der Waals surface area contributed by atoms with Gasteiger partial charge in [-0.15, -0.1) is 0 Å². The Morgan fingerprint density at radius 2 is 1.60 bits per heavy atom. The van der Waals surface area contributed by atoms with E-state index < -0.39 is 4.92 Å². The minimum Gasteiger partial charge on any atom is -0.269 e. The molecule has 2 heterocycles. The third kappa shape index (κ3) is 2.86. The lowest BCUT2D eigenvalue weighted by molar-refractivity contribution is -0.384. The molecule has 0 fully saturated rings. The molecule has 3 aromatic carbocycles. The van der Waals surface area contributed by atoms with E-state index in [2.05, 4.69) is 64.6 Å². The first kappa shape index (κ1) is 18.4. The number of likely N-dealkylation sites (N-methyl/N-ethyl adjacent to an activating group) is 1. The van der Waals surface area contributed by atoms with E-state index in [9.17, 15) is 10.1 Å². The molecular weight excluding hydrogens is 378 g/mol. The molecule has 0 aliphatic carbocycles. The molecule has 0 aromatic heterocycles. The number of nitrogens with zero attached hydrogens (tertiary/aromatic N) is 5. The van der Waals surface area contributed by atoms with Gasteiger partial charge in [0.25, 0.3) is 5.69 Å². The summed E-state index contributed by atoms with van der Waals surface area (Å²) >= 11 is 0. The van der Waals surface area contributed by atoms with Gasteiger partial charge in [-0.05, 0) is 35.4 Å². The summed E-state index contributed by atoms with van der Waals surface area (Å²) in [6.45, 7) is 2.96. The Morgan fingerprint density at radius 1 is 0.933 bits per heavy atom. The molecule has 0 saturated carbocycles. The fraction of sp³-hybridized carbons (Fsp3) is 0.217. The summed E-state index contributed by atoms with van der Waals surface area (Å²) in [7, 11) is 0. The lowest BCUT2D eigenvalue weighted by Gasteiger charge is -2.45. The van der Waals surface area contributed by atoms with Crippen molar-refractivity contribution in [2.75, 3.05) is 11.6 Å². The maximum atomic E-state index is 11.0. The molecule has 2 aliphatic rings. The molecule has 3 aromatic rings. The van der Waals surface area contributed by atoms with Crippen LogP contribution in [0.1, 0.15) is 35.7 Å². The van der Waals surface area contributed by atoms with Gasteiger partial charge in [0, 0.05) is 12.1 Å². The quantitative estimate of drug-likeness (QED) is 0.442. The Hall–Kier alpha value is -3.58. The maximum Gasteiger partial charge on any atom is 0.269 e. The van der Waals surface area contributed by atoms with Crippen LogP contribution in [-0.2, 0) is 0 Å². The summed E-state index contributed by atoms with van der Waals surface area (Å²) in [5, 5.41) is 22.0. The summed E-state index contributed by atoms with van der Waals surface area (Å²) in [5.74, 6) is 0. The Bertz CT molecular complexity index is 1100. The number of benzene rings is 3. The summed E-state index contributed by atoms with van der Waals surface area (Å²) in [6, 6.07) is 25.4. The van der Waals surface area contributed by atoms with Crippen LogP contribution in [0.3, 0.4) is 0 Å². The van der Waals surface area contributed by atoms with E-state index >= 15 is 0 Å². The van der Waals surface area contributed by atoms with Crippen molar-refractivity contribution in [1.82, 2.24) is 4.90 Å². The first-order chi connectivity index (χ1) is 14.7. The second-order valence-electron chi connectivity index (χ2n) is 7.45. The Labute approximate surface area is 174 Å². The second-order valence-corrected chi connectivity index (χ2v) is 7.45. The maximum absolute atomic E-state index is 11.0. The topological polar surface area (TPSA) is 74.3 Å². The van der Waals surface area contributed by atoms with Crippen molar-refractivity contribution >= 4 is 11.4 Å². The summed E-state index contributed by atoms with van der Waals surface area (Å²) in [5.41, 5.74) is 4.50. The molecule has 150 valence electrons. The van der Waals surface area contributed by atoms with E-state index in [-0.39, 0.29) is 23.9 Å². The van der Waals surface area contributed by atoms with Crippen LogP contribution in [0.5, 0.6) is 0 Å². The number of fused-ring (bicyclic) bond motifs is 3. The molecule has 2 aliphatic heterocycles. The van der Waals surface area contributed by atoms with Gasteiger partial charge in [-0.25, -0.2) is 5.01 Å². The van der Waals surface area contributed by atoms with Crippen molar-refractivity contribution in [2.45, 2.75) is 25.2 Å². The molecule has 0 unspecified atom stereocenters. The predicted octanol–water partition coefficient (Wildman–Crippen LogP) is 5.27. The van der Waals surface area contributed by atoms with Gasteiger partial charge in [0.05, 0.1) is 16.7 Å². The zero-order valence-corrected chi connectivity index (χ0v) is 16.5. The normalized spacial score (nSPS) is 22.6. The molecule has 0 bridgehead atoms. The zero-order valence-electron chi connectivity index (χ0n) is 16.5. The molecule has 30 heavy (non-hydrogen) atoms. The molecule has 7 heteroatoms. The van der Waals surface area contributed by atoms with Crippen molar-refractivity contribution in [3.8, 4) is 0 Å². The molecule has 7 nitrogen and oxygen atoms in total. The fourth-order valence-corrected chi connectivity index (χ4v) is 4.57. The molecule has 3 atom stereocenters. The molecule has 0 spiro atoms. The third-order valence-electron chi connectivity index (χ3n) is 5.89. The Morgan fingerprint density at radius 3 is 2.27 bits per heavy atom. The average Bonchev–Trinajstić information content (AvgIpc) is 3.24. The highest BCUT2D eigenvalue weighted by Crippen LogP contribution is 2.48. The van der Waals surface area contributed by atoms with Crippen molar-refractivity contribution in [2.24, 2.45) is 10.3 Å². The summed E-state index contributed by atoms with van der Waals surface area (Å²) < 4.78 is 0. The van der Waals surface area contributed by atoms with Gasteiger partial charge in [0.1, 0.15) is 12.2 Å². The number of hydrogen-bond donors (Lipinski definition) is 0. The van der Waals surface area contributed by atoms with Crippen LogP contribution in [0, 0.1) is 10.1 Å². The van der Waals surface area contributed by atoms with E-state index in [1.54, 1.807) is 12.1 Å². The number of anilines is 1. The van der Waals surface area contributed by atoms with Crippen molar-refractivity contribution < 1.29 is 4.92 Å². The third-order valence-corrected chi connectivity index (χ3v) is 5.89. The predicted molar refractivity (Wildman–Crippen MR) is 114 cm³/mol. The first-order valence-corrected chi connectivity index (χ1v) is 10.0. The van der Waals surface area contributed by atoms with Crippen molar-refractivity contribution in [3.63, 3.8) is 0 Å². The number of rotatable bonds is 4. The van der Waals surface area contributed by atoms with Crippen LogP contribution in [0.4, 0.5) is 11.4 Å². The van der Waals surface area contributed by atoms with Gasteiger partial charge in [-0.1, -0.05) is 66.7 Å². The Kier molecular flexibility index (Phi) is 4.52. The molecular formula is C23H21N5O2. The number of non-ortho nitro benzene ring substituents is 1. The van der Waals surface area contributed by atoms with E-state index in [1.807, 2.05) is 17.1 Å². The van der Waals surface area contributed by atoms with Gasteiger partial charge < -0.3 is 0 Å². The molecule has 0 radical (unpaired) electrons.